The Morgan fingerprint density at radius 3 is 2.00 bits per heavy atom. The highest BCUT2D eigenvalue weighted by Crippen LogP contribution is 2.13. The number of nitrogens with zero attached hydrogens (tertiary/aromatic N) is 3. The molecule has 0 aliphatic heterocycles. The number of hydrogen-bond donors (Lipinski definition) is 1. The molecule has 9 heteroatoms. The summed E-state index contributed by atoms with van der Waals surface area (Å²) < 4.78 is 11.3. The number of aromatic nitrogens is 2. The minimum absolute atomic E-state index is 0.0819. The van der Waals surface area contributed by atoms with E-state index >= 15 is 0 Å². The Morgan fingerprint density at radius 1 is 1.07 bits per heavy atom. The van der Waals surface area contributed by atoms with Crippen molar-refractivity contribution in [3.8, 4) is 11.5 Å². The number of imidazole rings is 1. The van der Waals surface area contributed by atoms with E-state index in [-0.39, 0.29) is 19.0 Å². The average molecular weight is 385 g/mol. The van der Waals surface area contributed by atoms with E-state index in [4.69, 9.17) is 14.6 Å². The summed E-state index contributed by atoms with van der Waals surface area (Å²) in [7, 11) is 0. The molecule has 0 unspecified atom stereocenters. The molecule has 146 valence electrons. The Hall–Kier alpha value is -3.72. The van der Waals surface area contributed by atoms with Crippen LogP contribution in [0.3, 0.4) is 0 Å². The Morgan fingerprint density at radius 2 is 1.57 bits per heavy atom. The van der Waals surface area contributed by atoms with Gasteiger partial charge in [-0.15, -0.1) is 0 Å². The van der Waals surface area contributed by atoms with Gasteiger partial charge in [0.25, 0.3) is 0 Å². The average Bonchev–Trinajstić information content (AvgIpc) is 3.05. The van der Waals surface area contributed by atoms with Crippen molar-refractivity contribution in [3.05, 3.63) is 82.8 Å². The van der Waals surface area contributed by atoms with Crippen molar-refractivity contribution in [1.29, 1.82) is 0 Å². The van der Waals surface area contributed by atoms with Crippen LogP contribution < -0.4 is 9.47 Å². The number of benzene rings is 2. The molecule has 1 aromatic heterocycles. The summed E-state index contributed by atoms with van der Waals surface area (Å²) in [5, 5.41) is 19.0. The molecule has 9 nitrogen and oxygen atoms in total. The normalized spacial score (nSPS) is 9.79. The number of rotatable bonds is 5. The lowest BCUT2D eigenvalue weighted by molar-refractivity contribution is -0.392. The van der Waals surface area contributed by atoms with E-state index in [1.54, 1.807) is 55.5 Å². The van der Waals surface area contributed by atoms with Gasteiger partial charge in [-0.25, -0.2) is 14.3 Å². The van der Waals surface area contributed by atoms with Gasteiger partial charge in [0.05, 0.1) is 6.61 Å². The van der Waals surface area contributed by atoms with Gasteiger partial charge in [-0.2, -0.15) is 0 Å². The van der Waals surface area contributed by atoms with E-state index < -0.39 is 11.1 Å². The second-order valence-corrected chi connectivity index (χ2v) is 5.38. The van der Waals surface area contributed by atoms with Crippen LogP contribution in [0.15, 0.2) is 66.9 Å². The zero-order chi connectivity index (χ0) is 20.4. The summed E-state index contributed by atoms with van der Waals surface area (Å²) in [6.45, 7) is 1.74. The molecule has 0 fully saturated rings. The fourth-order valence-electron chi connectivity index (χ4n) is 2.17. The van der Waals surface area contributed by atoms with E-state index in [2.05, 4.69) is 4.98 Å². The number of carbonyl (C=O) groups excluding carboxylic acids is 1. The van der Waals surface area contributed by atoms with Crippen molar-refractivity contribution < 1.29 is 24.3 Å². The van der Waals surface area contributed by atoms with Crippen molar-refractivity contribution >= 4 is 12.0 Å². The minimum atomic E-state index is -0.739. The quantitative estimate of drug-likeness (QED) is 0.310. The Bertz CT molecular complexity index is 853. The van der Waals surface area contributed by atoms with Gasteiger partial charge in [0.2, 0.25) is 0 Å². The largest absolute Gasteiger partial charge is 0.519 e. The molecule has 0 radical (unpaired) electrons. The second-order valence-electron chi connectivity index (χ2n) is 5.38. The predicted molar refractivity (Wildman–Crippen MR) is 100 cm³/mol. The first kappa shape index (κ1) is 20.6. The number of aliphatic hydroxyl groups excluding tert-OH is 1. The number of aryl methyl sites for hydroxylation is 1. The first-order valence-electron chi connectivity index (χ1n) is 8.28. The molecule has 1 N–H and O–H groups in total. The van der Waals surface area contributed by atoms with Crippen LogP contribution in [-0.2, 0) is 6.54 Å². The Kier molecular flexibility index (Phi) is 7.67. The van der Waals surface area contributed by atoms with Crippen LogP contribution in [0.1, 0.15) is 5.82 Å². The third kappa shape index (κ3) is 6.22. The van der Waals surface area contributed by atoms with Crippen molar-refractivity contribution in [1.82, 2.24) is 9.55 Å². The Labute approximate surface area is 160 Å². The summed E-state index contributed by atoms with van der Waals surface area (Å²) in [5.74, 6) is 1.38. The Balaban J connectivity index is 0.000000209. The number of ether oxygens (including phenoxy) is 2. The topological polar surface area (TPSA) is 117 Å². The summed E-state index contributed by atoms with van der Waals surface area (Å²) in [6.07, 6.45) is 0.447. The van der Waals surface area contributed by atoms with E-state index in [1.807, 2.05) is 12.1 Å². The van der Waals surface area contributed by atoms with E-state index in [0.29, 0.717) is 17.3 Å². The third-order valence-corrected chi connectivity index (χ3v) is 3.43. The molecule has 1 heterocycles. The van der Waals surface area contributed by atoms with Gasteiger partial charge in [-0.3, -0.25) is 0 Å². The third-order valence-electron chi connectivity index (χ3n) is 3.43. The van der Waals surface area contributed by atoms with Crippen molar-refractivity contribution in [2.75, 3.05) is 6.61 Å². The van der Waals surface area contributed by atoms with Crippen LogP contribution in [-0.4, -0.2) is 32.3 Å². The molecule has 0 saturated carbocycles. The highest BCUT2D eigenvalue weighted by Gasteiger charge is 2.15. The SMILES string of the molecule is Cc1ncc([N+](=O)[O-])n1CCO.O=C(Oc1ccccc1)Oc1ccccc1. The summed E-state index contributed by atoms with van der Waals surface area (Å²) >= 11 is 0. The predicted octanol–water partition coefficient (Wildman–Crippen LogP) is 3.36. The zero-order valence-corrected chi connectivity index (χ0v) is 15.1. The van der Waals surface area contributed by atoms with Crippen LogP contribution >= 0.6 is 0 Å². The molecular weight excluding hydrogens is 366 g/mol. The molecule has 0 saturated heterocycles. The molecule has 0 atom stereocenters. The molecule has 0 spiro atoms. The van der Waals surface area contributed by atoms with Crippen molar-refractivity contribution in [2.24, 2.45) is 0 Å². The van der Waals surface area contributed by atoms with Crippen molar-refractivity contribution in [3.63, 3.8) is 0 Å². The smallest absolute Gasteiger partial charge is 0.395 e. The molecule has 28 heavy (non-hydrogen) atoms. The van der Waals surface area contributed by atoms with Crippen LogP contribution in [0.25, 0.3) is 0 Å². The number of aliphatic hydroxyl groups is 1. The zero-order valence-electron chi connectivity index (χ0n) is 15.1. The number of hydrogen-bond acceptors (Lipinski definition) is 7. The van der Waals surface area contributed by atoms with Crippen LogP contribution in [0.5, 0.6) is 11.5 Å². The number of para-hydroxylation sites is 2. The summed E-state index contributed by atoms with van der Waals surface area (Å²) in [4.78, 5) is 25.0. The molecule has 0 aliphatic carbocycles. The van der Waals surface area contributed by atoms with Gasteiger partial charge in [0, 0.05) is 6.92 Å². The highest BCUT2D eigenvalue weighted by molar-refractivity contribution is 5.66. The fraction of sp³-hybridized carbons (Fsp3) is 0.158. The lowest BCUT2D eigenvalue weighted by Gasteiger charge is -2.04. The minimum Gasteiger partial charge on any atom is -0.395 e. The van der Waals surface area contributed by atoms with Crippen LogP contribution in [0.4, 0.5) is 10.6 Å². The summed E-state index contributed by atoms with van der Waals surface area (Å²) in [5.41, 5.74) is 0. The molecule has 0 bridgehead atoms. The molecule has 3 aromatic rings. The maximum Gasteiger partial charge on any atom is 0.519 e. The first-order valence-corrected chi connectivity index (χ1v) is 8.28. The molecule has 0 aliphatic rings. The highest BCUT2D eigenvalue weighted by atomic mass is 16.7. The van der Waals surface area contributed by atoms with Gasteiger partial charge < -0.3 is 24.7 Å². The van der Waals surface area contributed by atoms with Gasteiger partial charge in [-0.1, -0.05) is 36.4 Å². The van der Waals surface area contributed by atoms with E-state index in [1.165, 1.54) is 10.8 Å². The molecular formula is C19H19N3O6. The lowest BCUT2D eigenvalue weighted by atomic mass is 10.3. The van der Waals surface area contributed by atoms with E-state index in [0.717, 1.165) is 0 Å². The van der Waals surface area contributed by atoms with Crippen molar-refractivity contribution in [2.45, 2.75) is 13.5 Å². The van der Waals surface area contributed by atoms with Gasteiger partial charge >= 0.3 is 12.0 Å². The second kappa shape index (κ2) is 10.4. The molecule has 3 rings (SSSR count). The lowest BCUT2D eigenvalue weighted by Crippen LogP contribution is -2.13. The standard InChI is InChI=1S/C13H10O3.C6H9N3O3/c14-13(15-11-7-3-1-4-8-11)16-12-9-5-2-6-10-12;1-5-7-4-6(9(11)12)8(5)2-3-10/h1-10H;4,10H,2-3H2,1H3. The number of nitro groups is 1. The van der Waals surface area contributed by atoms with Gasteiger partial charge in [0.1, 0.15) is 24.2 Å². The van der Waals surface area contributed by atoms with Crippen LogP contribution in [0.2, 0.25) is 0 Å². The van der Waals surface area contributed by atoms with E-state index in [9.17, 15) is 14.9 Å². The maximum atomic E-state index is 11.3. The summed E-state index contributed by atoms with van der Waals surface area (Å²) in [6, 6.07) is 17.6. The molecule has 2 aromatic carbocycles. The number of carbonyl (C=O) groups is 1. The fourth-order valence-corrected chi connectivity index (χ4v) is 2.17. The molecule has 0 amide bonds. The van der Waals surface area contributed by atoms with Crippen LogP contribution in [0, 0.1) is 17.0 Å². The maximum absolute atomic E-state index is 11.3. The monoisotopic (exact) mass is 385 g/mol. The van der Waals surface area contributed by atoms with Gasteiger partial charge in [0.15, 0.2) is 5.82 Å². The van der Waals surface area contributed by atoms with Gasteiger partial charge in [-0.05, 0) is 29.2 Å². The first-order chi connectivity index (χ1) is 13.5.